The molecule has 3 aromatic rings. The predicted octanol–water partition coefficient (Wildman–Crippen LogP) is 8.20. The summed E-state index contributed by atoms with van der Waals surface area (Å²) in [7, 11) is 0. The van der Waals surface area contributed by atoms with Crippen molar-refractivity contribution in [2.45, 2.75) is 106 Å². The summed E-state index contributed by atoms with van der Waals surface area (Å²) in [6.45, 7) is 15.0. The van der Waals surface area contributed by atoms with Crippen LogP contribution in [-0.2, 0) is 12.8 Å². The lowest BCUT2D eigenvalue weighted by molar-refractivity contribution is 0.672. The number of benzene rings is 1. The molecule has 0 fully saturated rings. The van der Waals surface area contributed by atoms with E-state index in [0.717, 1.165) is 106 Å². The van der Waals surface area contributed by atoms with Gasteiger partial charge in [-0.05, 0) is 82.7 Å². The third-order valence-electron chi connectivity index (χ3n) is 7.37. The average molecular weight is 520 g/mol. The number of unbranched alkanes of at least 4 members (excludes halogenated alkanes) is 5. The van der Waals surface area contributed by atoms with Crippen LogP contribution in [0.4, 0.5) is 17.1 Å². The molecule has 0 atom stereocenters. The van der Waals surface area contributed by atoms with Gasteiger partial charge in [-0.2, -0.15) is 4.52 Å². The fraction of sp³-hybridized carbons (Fsp3) is 0.562. The standard InChI is InChI=1S/C32H49N5O/c1-7-12-15-18-26-28(19-16-13-8-2)34-31-30(29(20-17-14-9-3)35-37(31)32(26)38)33-27-22-21-25(23-24(27)6)36(10-4)11-5/h17,20-23,33,35H,7-16,18-19H2,1-6H3. The second kappa shape index (κ2) is 14.8. The third-order valence-corrected chi connectivity index (χ3v) is 7.37. The summed E-state index contributed by atoms with van der Waals surface area (Å²) in [6.07, 6.45) is 14.6. The number of anilines is 3. The summed E-state index contributed by atoms with van der Waals surface area (Å²) in [5.74, 6) is 0. The van der Waals surface area contributed by atoms with Crippen molar-refractivity contribution in [3.63, 3.8) is 0 Å². The molecule has 208 valence electrons. The van der Waals surface area contributed by atoms with Crippen molar-refractivity contribution >= 4 is 28.8 Å². The second-order valence-corrected chi connectivity index (χ2v) is 10.3. The molecule has 0 saturated carbocycles. The smallest absolute Gasteiger partial charge is 0.276 e. The first kappa shape index (κ1) is 29.5. The summed E-state index contributed by atoms with van der Waals surface area (Å²) in [5.41, 5.74) is 7.76. The van der Waals surface area contributed by atoms with Crippen molar-refractivity contribution in [1.29, 1.82) is 0 Å². The molecule has 0 spiro atoms. The largest absolute Gasteiger partial charge is 0.372 e. The molecule has 0 amide bonds. The molecule has 0 aliphatic heterocycles. The molecule has 2 heterocycles. The minimum atomic E-state index is 0.0457. The minimum Gasteiger partial charge on any atom is -0.372 e. The minimum absolute atomic E-state index is 0.0457. The number of aromatic nitrogens is 3. The molecule has 1 aromatic carbocycles. The van der Waals surface area contributed by atoms with Crippen LogP contribution in [0.5, 0.6) is 0 Å². The molecule has 2 aromatic heterocycles. The average Bonchev–Trinajstić information content (AvgIpc) is 3.25. The van der Waals surface area contributed by atoms with E-state index in [-0.39, 0.29) is 5.56 Å². The van der Waals surface area contributed by atoms with Gasteiger partial charge in [0.1, 0.15) is 5.69 Å². The maximum atomic E-state index is 13.8. The lowest BCUT2D eigenvalue weighted by Gasteiger charge is -2.22. The monoisotopic (exact) mass is 519 g/mol. The van der Waals surface area contributed by atoms with Crippen LogP contribution in [0.15, 0.2) is 29.1 Å². The molecule has 0 bridgehead atoms. The number of hydrogen-bond acceptors (Lipinski definition) is 4. The molecular formula is C32H49N5O. The summed E-state index contributed by atoms with van der Waals surface area (Å²) in [4.78, 5) is 21.3. The summed E-state index contributed by atoms with van der Waals surface area (Å²) < 4.78 is 1.66. The van der Waals surface area contributed by atoms with Crippen molar-refractivity contribution in [3.8, 4) is 0 Å². The SMILES string of the molecule is CCCC=Cc1[nH]n2c(=O)c(CCCCC)c(CCCCC)nc2c1Nc1ccc(N(CC)CC)cc1C. The molecule has 6 heteroatoms. The number of rotatable bonds is 16. The van der Waals surface area contributed by atoms with Crippen LogP contribution in [0.3, 0.4) is 0 Å². The molecular weight excluding hydrogens is 470 g/mol. The topological polar surface area (TPSA) is 65.4 Å². The number of hydrogen-bond donors (Lipinski definition) is 2. The fourth-order valence-electron chi connectivity index (χ4n) is 5.04. The van der Waals surface area contributed by atoms with Gasteiger partial charge in [-0.25, -0.2) is 4.98 Å². The first-order chi connectivity index (χ1) is 18.5. The Morgan fingerprint density at radius 1 is 0.974 bits per heavy atom. The molecule has 3 rings (SSSR count). The third kappa shape index (κ3) is 7.09. The first-order valence-corrected chi connectivity index (χ1v) is 14.9. The zero-order chi connectivity index (χ0) is 27.5. The normalized spacial score (nSPS) is 11.6. The molecule has 0 aliphatic carbocycles. The highest BCUT2D eigenvalue weighted by atomic mass is 16.1. The quantitative estimate of drug-likeness (QED) is 0.187. The number of nitrogens with zero attached hydrogens (tertiary/aromatic N) is 3. The lowest BCUT2D eigenvalue weighted by atomic mass is 10.0. The van der Waals surface area contributed by atoms with Gasteiger partial charge in [-0.1, -0.05) is 59.0 Å². The van der Waals surface area contributed by atoms with E-state index in [1.165, 1.54) is 11.3 Å². The Balaban J connectivity index is 2.13. The van der Waals surface area contributed by atoms with Crippen LogP contribution in [-0.4, -0.2) is 27.7 Å². The molecule has 2 N–H and O–H groups in total. The lowest BCUT2D eigenvalue weighted by Crippen LogP contribution is -2.23. The molecule has 0 aliphatic rings. The van der Waals surface area contributed by atoms with Crippen LogP contribution in [0.1, 0.15) is 109 Å². The van der Waals surface area contributed by atoms with Gasteiger partial charge in [0.25, 0.3) is 5.56 Å². The van der Waals surface area contributed by atoms with Gasteiger partial charge in [0.05, 0.1) is 11.4 Å². The highest BCUT2D eigenvalue weighted by Gasteiger charge is 2.19. The number of aryl methyl sites for hydroxylation is 2. The fourth-order valence-corrected chi connectivity index (χ4v) is 5.04. The van der Waals surface area contributed by atoms with Gasteiger partial charge >= 0.3 is 0 Å². The maximum absolute atomic E-state index is 13.8. The van der Waals surface area contributed by atoms with E-state index >= 15 is 0 Å². The van der Waals surface area contributed by atoms with Gasteiger partial charge in [-0.15, -0.1) is 0 Å². The zero-order valence-corrected chi connectivity index (χ0v) is 24.6. The number of H-pyrrole nitrogens is 1. The first-order valence-electron chi connectivity index (χ1n) is 14.9. The van der Waals surface area contributed by atoms with Gasteiger partial charge in [0.15, 0.2) is 5.65 Å². The summed E-state index contributed by atoms with van der Waals surface area (Å²) in [6, 6.07) is 6.55. The van der Waals surface area contributed by atoms with Crippen molar-refractivity contribution in [3.05, 3.63) is 57.1 Å². The number of nitrogens with one attached hydrogen (secondary N) is 2. The summed E-state index contributed by atoms with van der Waals surface area (Å²) >= 11 is 0. The van der Waals surface area contributed by atoms with Crippen molar-refractivity contribution < 1.29 is 0 Å². The Hall–Kier alpha value is -3.02. The van der Waals surface area contributed by atoms with Crippen molar-refractivity contribution in [1.82, 2.24) is 14.6 Å². The van der Waals surface area contributed by atoms with Crippen LogP contribution < -0.4 is 15.8 Å². The molecule has 6 nitrogen and oxygen atoms in total. The highest BCUT2D eigenvalue weighted by Crippen LogP contribution is 2.30. The van der Waals surface area contributed by atoms with E-state index in [1.807, 2.05) is 0 Å². The molecule has 0 radical (unpaired) electrons. The molecule has 0 unspecified atom stereocenters. The van der Waals surface area contributed by atoms with E-state index < -0.39 is 0 Å². The van der Waals surface area contributed by atoms with E-state index in [9.17, 15) is 4.79 Å². The Labute approximate surface area is 229 Å². The Kier molecular flexibility index (Phi) is 11.5. The van der Waals surface area contributed by atoms with Crippen LogP contribution in [0.25, 0.3) is 11.7 Å². The van der Waals surface area contributed by atoms with Gasteiger partial charge < -0.3 is 10.2 Å². The highest BCUT2D eigenvalue weighted by molar-refractivity contribution is 5.83. The van der Waals surface area contributed by atoms with E-state index in [0.29, 0.717) is 5.65 Å². The van der Waals surface area contributed by atoms with Gasteiger partial charge in [0, 0.05) is 30.0 Å². The van der Waals surface area contributed by atoms with Crippen LogP contribution >= 0.6 is 0 Å². The number of allylic oxidation sites excluding steroid dienone is 1. The van der Waals surface area contributed by atoms with E-state index in [4.69, 9.17) is 4.98 Å². The van der Waals surface area contributed by atoms with Crippen LogP contribution in [0, 0.1) is 6.92 Å². The Morgan fingerprint density at radius 3 is 2.32 bits per heavy atom. The Morgan fingerprint density at radius 2 is 1.68 bits per heavy atom. The van der Waals surface area contributed by atoms with Crippen molar-refractivity contribution in [2.24, 2.45) is 0 Å². The number of aromatic amines is 1. The number of fused-ring (bicyclic) bond motifs is 1. The zero-order valence-electron chi connectivity index (χ0n) is 24.6. The summed E-state index contributed by atoms with van der Waals surface area (Å²) in [5, 5.41) is 7.05. The van der Waals surface area contributed by atoms with Gasteiger partial charge in [0.2, 0.25) is 0 Å². The van der Waals surface area contributed by atoms with Crippen molar-refractivity contribution in [2.75, 3.05) is 23.3 Å². The molecule has 0 saturated heterocycles. The maximum Gasteiger partial charge on any atom is 0.276 e. The van der Waals surface area contributed by atoms with E-state index in [1.54, 1.807) is 4.52 Å². The van der Waals surface area contributed by atoms with E-state index in [2.05, 4.69) is 87.2 Å². The Bertz CT molecular complexity index is 1250. The van der Waals surface area contributed by atoms with Crippen LogP contribution in [0.2, 0.25) is 0 Å². The van der Waals surface area contributed by atoms with Gasteiger partial charge in [-0.3, -0.25) is 9.89 Å². The predicted molar refractivity (Wildman–Crippen MR) is 164 cm³/mol. The second-order valence-electron chi connectivity index (χ2n) is 10.3. The molecule has 38 heavy (non-hydrogen) atoms.